The molecule has 1 aliphatic rings. The molecule has 1 atom stereocenters. The van der Waals surface area contributed by atoms with Crippen molar-refractivity contribution in [2.24, 2.45) is 5.92 Å². The maximum atomic E-state index is 12.9. The van der Waals surface area contributed by atoms with E-state index in [-0.39, 0.29) is 26.1 Å². The lowest BCUT2D eigenvalue weighted by molar-refractivity contribution is -0.150. The van der Waals surface area contributed by atoms with E-state index in [1.807, 2.05) is 30.3 Å². The molecule has 0 spiro atoms. The summed E-state index contributed by atoms with van der Waals surface area (Å²) in [4.78, 5) is 51.4. The van der Waals surface area contributed by atoms with Crippen molar-refractivity contribution < 1.29 is 28.7 Å². The van der Waals surface area contributed by atoms with Crippen molar-refractivity contribution in [3.05, 3.63) is 71.3 Å². The molecule has 3 amide bonds. The Morgan fingerprint density at radius 2 is 1.52 bits per heavy atom. The van der Waals surface area contributed by atoms with E-state index in [1.54, 1.807) is 45.0 Å². The maximum Gasteiger partial charge on any atom is 0.407 e. The van der Waals surface area contributed by atoms with E-state index < -0.39 is 35.4 Å². The minimum Gasteiger partial charge on any atom is -0.461 e. The number of nitrogens with one attached hydrogen (secondary N) is 1. The zero-order valence-electron chi connectivity index (χ0n) is 19.0. The molecule has 0 aromatic heterocycles. The van der Waals surface area contributed by atoms with Gasteiger partial charge in [0.15, 0.2) is 0 Å². The monoisotopic (exact) mass is 452 g/mol. The molecule has 1 N–H and O–H groups in total. The number of esters is 1. The molecule has 174 valence electrons. The summed E-state index contributed by atoms with van der Waals surface area (Å²) in [5, 5.41) is 2.61. The van der Waals surface area contributed by atoms with Gasteiger partial charge in [0.05, 0.1) is 17.0 Å². The fraction of sp³-hybridized carbons (Fsp3) is 0.360. The normalized spacial score (nSPS) is 14.0. The predicted molar refractivity (Wildman–Crippen MR) is 120 cm³/mol. The Balaban J connectivity index is 1.67. The molecule has 0 bridgehead atoms. The van der Waals surface area contributed by atoms with Crippen LogP contribution in [0.4, 0.5) is 4.79 Å². The Kier molecular flexibility index (Phi) is 7.48. The number of hydrogen-bond donors (Lipinski definition) is 1. The second-order valence-electron chi connectivity index (χ2n) is 8.77. The topological polar surface area (TPSA) is 102 Å². The molecule has 0 unspecified atom stereocenters. The van der Waals surface area contributed by atoms with Crippen LogP contribution in [0.2, 0.25) is 0 Å². The van der Waals surface area contributed by atoms with Crippen molar-refractivity contribution in [1.29, 1.82) is 0 Å². The molecule has 1 heterocycles. The highest BCUT2D eigenvalue weighted by molar-refractivity contribution is 6.21. The number of carbonyl (C=O) groups excluding carboxylic acids is 4. The molecule has 2 aromatic carbocycles. The molecule has 0 fully saturated rings. The number of amides is 3. The lowest BCUT2D eigenvalue weighted by Gasteiger charge is -2.23. The first-order valence-electron chi connectivity index (χ1n) is 10.8. The summed E-state index contributed by atoms with van der Waals surface area (Å²) in [6, 6.07) is 15.7. The highest BCUT2D eigenvalue weighted by atomic mass is 16.6. The number of rotatable bonds is 8. The van der Waals surface area contributed by atoms with Gasteiger partial charge in [-0.3, -0.25) is 19.3 Å². The number of imide groups is 1. The summed E-state index contributed by atoms with van der Waals surface area (Å²) in [7, 11) is 0. The molecule has 1 aliphatic heterocycles. The smallest absolute Gasteiger partial charge is 0.407 e. The van der Waals surface area contributed by atoms with Crippen LogP contribution in [0.3, 0.4) is 0 Å². The quantitative estimate of drug-likeness (QED) is 0.485. The van der Waals surface area contributed by atoms with Gasteiger partial charge in [0.1, 0.15) is 12.2 Å². The molecular weight excluding hydrogens is 424 g/mol. The maximum absolute atomic E-state index is 12.9. The molecule has 0 aliphatic carbocycles. The van der Waals surface area contributed by atoms with Gasteiger partial charge in [0.25, 0.3) is 11.8 Å². The van der Waals surface area contributed by atoms with E-state index in [1.165, 1.54) is 0 Å². The van der Waals surface area contributed by atoms with E-state index >= 15 is 0 Å². The zero-order valence-corrected chi connectivity index (χ0v) is 19.0. The Bertz CT molecular complexity index is 994. The van der Waals surface area contributed by atoms with Gasteiger partial charge in [0.2, 0.25) is 0 Å². The van der Waals surface area contributed by atoms with E-state index in [2.05, 4.69) is 5.32 Å². The van der Waals surface area contributed by atoms with Gasteiger partial charge in [-0.05, 0) is 44.9 Å². The number of benzene rings is 2. The Morgan fingerprint density at radius 3 is 2.09 bits per heavy atom. The third kappa shape index (κ3) is 6.41. The van der Waals surface area contributed by atoms with Crippen LogP contribution in [0, 0.1) is 5.92 Å². The molecule has 0 saturated carbocycles. The number of alkyl carbamates (subject to hydrolysis) is 1. The highest BCUT2D eigenvalue weighted by Gasteiger charge is 2.38. The predicted octanol–water partition coefficient (Wildman–Crippen LogP) is 3.56. The number of ether oxygens (including phenoxy) is 2. The average molecular weight is 453 g/mol. The first kappa shape index (κ1) is 24.0. The minimum absolute atomic E-state index is 0.0672. The molecule has 2 aromatic rings. The summed E-state index contributed by atoms with van der Waals surface area (Å²) in [6.45, 7) is 5.28. The Morgan fingerprint density at radius 1 is 0.939 bits per heavy atom. The molecule has 3 rings (SSSR count). The molecular formula is C25H28N2O6. The van der Waals surface area contributed by atoms with Crippen LogP contribution in [-0.2, 0) is 20.9 Å². The summed E-state index contributed by atoms with van der Waals surface area (Å²) in [5.74, 6) is -2.26. The molecule has 8 nitrogen and oxygen atoms in total. The fourth-order valence-corrected chi connectivity index (χ4v) is 3.42. The van der Waals surface area contributed by atoms with Gasteiger partial charge in [-0.25, -0.2) is 4.79 Å². The summed E-state index contributed by atoms with van der Waals surface area (Å²) in [5.41, 5.74) is 0.784. The molecule has 33 heavy (non-hydrogen) atoms. The van der Waals surface area contributed by atoms with E-state index in [0.29, 0.717) is 11.1 Å². The van der Waals surface area contributed by atoms with Crippen LogP contribution >= 0.6 is 0 Å². The Labute approximate surface area is 192 Å². The van der Waals surface area contributed by atoms with Gasteiger partial charge in [0, 0.05) is 13.1 Å². The number of hydrogen-bond acceptors (Lipinski definition) is 6. The third-order valence-corrected chi connectivity index (χ3v) is 5.00. The minimum atomic E-state index is -0.814. The summed E-state index contributed by atoms with van der Waals surface area (Å²) >= 11 is 0. The number of carbonyl (C=O) groups is 4. The van der Waals surface area contributed by atoms with Gasteiger partial charge in [-0.1, -0.05) is 42.5 Å². The molecule has 0 radical (unpaired) electrons. The van der Waals surface area contributed by atoms with Crippen LogP contribution in [-0.4, -0.2) is 47.5 Å². The molecule has 8 heteroatoms. The van der Waals surface area contributed by atoms with E-state index in [9.17, 15) is 19.2 Å². The first-order chi connectivity index (χ1) is 15.7. The first-order valence-corrected chi connectivity index (χ1v) is 10.8. The summed E-state index contributed by atoms with van der Waals surface area (Å²) in [6.07, 6.45) is -0.445. The van der Waals surface area contributed by atoms with E-state index in [0.717, 1.165) is 10.5 Å². The van der Waals surface area contributed by atoms with Gasteiger partial charge in [-0.15, -0.1) is 0 Å². The fourth-order valence-electron chi connectivity index (χ4n) is 3.42. The lowest BCUT2D eigenvalue weighted by atomic mass is 10.0. The number of nitrogens with zero attached hydrogens (tertiary/aromatic N) is 1. The van der Waals surface area contributed by atoms with Gasteiger partial charge in [-0.2, -0.15) is 0 Å². The van der Waals surface area contributed by atoms with Gasteiger partial charge < -0.3 is 14.8 Å². The Hall–Kier alpha value is -3.68. The van der Waals surface area contributed by atoms with E-state index in [4.69, 9.17) is 9.47 Å². The van der Waals surface area contributed by atoms with Crippen LogP contribution in [0.1, 0.15) is 53.5 Å². The van der Waals surface area contributed by atoms with Crippen LogP contribution in [0.5, 0.6) is 0 Å². The van der Waals surface area contributed by atoms with Crippen molar-refractivity contribution in [1.82, 2.24) is 10.2 Å². The van der Waals surface area contributed by atoms with Crippen LogP contribution < -0.4 is 5.32 Å². The SMILES string of the molecule is CC(C)(C)OC(=O)NCC[C@H](CN1C(=O)c2ccccc2C1=O)C(=O)OCc1ccccc1. The second kappa shape index (κ2) is 10.3. The van der Waals surface area contributed by atoms with Crippen molar-refractivity contribution >= 4 is 23.9 Å². The van der Waals surface area contributed by atoms with Crippen LogP contribution in [0.15, 0.2) is 54.6 Å². The number of fused-ring (bicyclic) bond motifs is 1. The van der Waals surface area contributed by atoms with Crippen molar-refractivity contribution in [2.45, 2.75) is 39.4 Å². The largest absolute Gasteiger partial charge is 0.461 e. The molecule has 0 saturated heterocycles. The summed E-state index contributed by atoms with van der Waals surface area (Å²) < 4.78 is 10.7. The standard InChI is InChI=1S/C25H28N2O6/c1-25(2,3)33-24(31)26-14-13-18(23(30)32-16-17-9-5-4-6-10-17)15-27-21(28)19-11-7-8-12-20(19)22(27)29/h4-12,18H,13-16H2,1-3H3,(H,26,31)/t18-/m1/s1. The zero-order chi connectivity index (χ0) is 24.0. The van der Waals surface area contributed by atoms with Gasteiger partial charge >= 0.3 is 12.1 Å². The lowest BCUT2D eigenvalue weighted by Crippen LogP contribution is -2.40. The third-order valence-electron chi connectivity index (χ3n) is 5.00. The van der Waals surface area contributed by atoms with Crippen molar-refractivity contribution in [2.75, 3.05) is 13.1 Å². The van der Waals surface area contributed by atoms with Crippen LogP contribution in [0.25, 0.3) is 0 Å². The van der Waals surface area contributed by atoms with Crippen molar-refractivity contribution in [3.63, 3.8) is 0 Å². The highest BCUT2D eigenvalue weighted by Crippen LogP contribution is 2.24. The average Bonchev–Trinajstić information content (AvgIpc) is 3.01. The van der Waals surface area contributed by atoms with Crippen molar-refractivity contribution in [3.8, 4) is 0 Å². The second-order valence-corrected chi connectivity index (χ2v) is 8.77.